The summed E-state index contributed by atoms with van der Waals surface area (Å²) in [7, 11) is 1.01. The monoisotopic (exact) mass is 242 g/mol. The fourth-order valence-electron chi connectivity index (χ4n) is 1.68. The fraction of sp³-hybridized carbons (Fsp3) is 0.231. The van der Waals surface area contributed by atoms with Crippen molar-refractivity contribution < 1.29 is 9.53 Å². The second kappa shape index (κ2) is 5.53. The summed E-state index contributed by atoms with van der Waals surface area (Å²) in [5, 5.41) is 0. The highest BCUT2D eigenvalue weighted by Crippen LogP contribution is 2.15. The van der Waals surface area contributed by atoms with Crippen molar-refractivity contribution in [3.8, 4) is 11.3 Å². The number of hydrogen-bond acceptors (Lipinski definition) is 3. The largest absolute Gasteiger partial charge is 0.460 e. The third kappa shape index (κ3) is 2.61. The average Bonchev–Trinajstić information content (AvgIpc) is 2.89. The van der Waals surface area contributed by atoms with Crippen molar-refractivity contribution in [2.45, 2.75) is 13.7 Å². The predicted octanol–water partition coefficient (Wildman–Crippen LogP) is 1.36. The number of imidazole rings is 1. The van der Waals surface area contributed by atoms with Crippen molar-refractivity contribution in [2.24, 2.45) is 0 Å². The molecule has 0 bridgehead atoms. The third-order valence-electron chi connectivity index (χ3n) is 2.70. The van der Waals surface area contributed by atoms with Crippen molar-refractivity contribution >= 4 is 18.7 Å². The zero-order valence-corrected chi connectivity index (χ0v) is 10.6. The maximum absolute atomic E-state index is 11.5. The molecule has 0 radical (unpaired) electrons. The lowest BCUT2D eigenvalue weighted by Gasteiger charge is -1.99. The van der Waals surface area contributed by atoms with Gasteiger partial charge in [-0.1, -0.05) is 36.6 Å². The number of nitrogens with one attached hydrogen (secondary N) is 1. The number of carbonyl (C=O) groups is 1. The number of rotatable bonds is 4. The quantitative estimate of drug-likeness (QED) is 0.650. The highest BCUT2D eigenvalue weighted by molar-refractivity contribution is 6.51. The van der Waals surface area contributed by atoms with Crippen molar-refractivity contribution in [1.29, 1.82) is 0 Å². The van der Waals surface area contributed by atoms with Crippen LogP contribution in [0.25, 0.3) is 11.3 Å². The number of carbonyl (C=O) groups excluding carboxylic acids is 1. The molecule has 1 aromatic carbocycles. The Morgan fingerprint density at radius 1 is 1.39 bits per heavy atom. The van der Waals surface area contributed by atoms with E-state index in [9.17, 15) is 4.79 Å². The van der Waals surface area contributed by atoms with E-state index in [1.807, 2.05) is 12.1 Å². The minimum Gasteiger partial charge on any atom is -0.460 e. The van der Waals surface area contributed by atoms with Gasteiger partial charge >= 0.3 is 5.97 Å². The van der Waals surface area contributed by atoms with Gasteiger partial charge in [0, 0.05) is 11.8 Å². The highest BCUT2D eigenvalue weighted by Gasteiger charge is 2.11. The van der Waals surface area contributed by atoms with Crippen LogP contribution in [0, 0.1) is 0 Å². The van der Waals surface area contributed by atoms with E-state index in [-0.39, 0.29) is 5.82 Å². The molecular formula is C13H15BN2O2. The molecule has 2 rings (SSSR count). The topological polar surface area (TPSA) is 55.0 Å². The molecule has 0 unspecified atom stereocenters. The molecule has 5 heteroatoms. The summed E-state index contributed by atoms with van der Waals surface area (Å²) in [6, 6.07) is 8.13. The molecule has 0 spiro atoms. The zero-order valence-electron chi connectivity index (χ0n) is 10.6. The molecule has 1 N–H and O–H groups in total. The van der Waals surface area contributed by atoms with Gasteiger partial charge in [0.2, 0.25) is 5.82 Å². The first-order valence-electron chi connectivity index (χ1n) is 6.06. The first-order chi connectivity index (χ1) is 8.74. The Morgan fingerprint density at radius 2 is 2.11 bits per heavy atom. The number of esters is 1. The lowest BCUT2D eigenvalue weighted by Crippen LogP contribution is -2.08. The first-order valence-corrected chi connectivity index (χ1v) is 6.06. The molecule has 0 aliphatic carbocycles. The highest BCUT2D eigenvalue weighted by atomic mass is 16.5. The number of aromatic nitrogens is 2. The van der Waals surface area contributed by atoms with Crippen LogP contribution in [0.4, 0.5) is 0 Å². The van der Waals surface area contributed by atoms with E-state index in [0.717, 1.165) is 18.5 Å². The predicted molar refractivity (Wildman–Crippen MR) is 72.6 cm³/mol. The fourth-order valence-corrected chi connectivity index (χ4v) is 1.68. The van der Waals surface area contributed by atoms with E-state index in [1.54, 1.807) is 13.1 Å². The van der Waals surface area contributed by atoms with Gasteiger partial charge in [0.1, 0.15) is 0 Å². The molecule has 18 heavy (non-hydrogen) atoms. The van der Waals surface area contributed by atoms with Gasteiger partial charge in [-0.15, -0.1) is 0 Å². The van der Waals surface area contributed by atoms with Crippen molar-refractivity contribution in [3.05, 3.63) is 36.3 Å². The van der Waals surface area contributed by atoms with E-state index in [1.165, 1.54) is 5.46 Å². The third-order valence-corrected chi connectivity index (χ3v) is 2.70. The molecule has 0 aliphatic heterocycles. The van der Waals surface area contributed by atoms with Crippen LogP contribution in [0.1, 0.15) is 17.5 Å². The van der Waals surface area contributed by atoms with E-state index in [4.69, 9.17) is 4.74 Å². The van der Waals surface area contributed by atoms with Crippen LogP contribution < -0.4 is 5.46 Å². The van der Waals surface area contributed by atoms with Gasteiger partial charge in [0.25, 0.3) is 0 Å². The Labute approximate surface area is 107 Å². The molecule has 4 nitrogen and oxygen atoms in total. The standard InChI is InChI=1S/C13H15BN2O2/c1-3-18-13(17)12-15-8-11(16-12)9-4-6-10(14-2)7-5-9/h4-8,14H,3H2,1-2H3,(H,15,16). The maximum Gasteiger partial charge on any atom is 0.374 e. The summed E-state index contributed by atoms with van der Waals surface area (Å²) in [5.41, 5.74) is 3.01. The molecule has 0 atom stereocenters. The Hall–Kier alpha value is -2.04. The van der Waals surface area contributed by atoms with Gasteiger partial charge in [-0.25, -0.2) is 9.78 Å². The molecule has 1 aromatic heterocycles. The molecule has 92 valence electrons. The number of benzene rings is 1. The summed E-state index contributed by atoms with van der Waals surface area (Å²) >= 11 is 0. The number of hydrogen-bond donors (Lipinski definition) is 1. The normalized spacial score (nSPS) is 10.1. The van der Waals surface area contributed by atoms with E-state index in [2.05, 4.69) is 28.9 Å². The van der Waals surface area contributed by atoms with E-state index in [0.29, 0.717) is 6.61 Å². The van der Waals surface area contributed by atoms with Crippen LogP contribution in [-0.2, 0) is 4.74 Å². The molecular weight excluding hydrogens is 227 g/mol. The Kier molecular flexibility index (Phi) is 3.82. The minimum absolute atomic E-state index is 0.242. The number of H-pyrrole nitrogens is 1. The van der Waals surface area contributed by atoms with Gasteiger partial charge in [-0.3, -0.25) is 0 Å². The molecule has 0 saturated heterocycles. The Morgan fingerprint density at radius 3 is 2.72 bits per heavy atom. The number of ether oxygens (including phenoxy) is 1. The smallest absolute Gasteiger partial charge is 0.374 e. The summed E-state index contributed by atoms with van der Waals surface area (Å²) in [5.74, 6) is -0.180. The summed E-state index contributed by atoms with van der Waals surface area (Å²) < 4.78 is 4.88. The van der Waals surface area contributed by atoms with Crippen LogP contribution in [-0.4, -0.2) is 29.8 Å². The second-order valence-electron chi connectivity index (χ2n) is 3.91. The van der Waals surface area contributed by atoms with Crippen LogP contribution in [0.3, 0.4) is 0 Å². The average molecular weight is 242 g/mol. The number of aromatic amines is 1. The van der Waals surface area contributed by atoms with Crippen molar-refractivity contribution in [1.82, 2.24) is 9.97 Å². The van der Waals surface area contributed by atoms with Crippen LogP contribution in [0.15, 0.2) is 30.5 Å². The van der Waals surface area contributed by atoms with Gasteiger partial charge in [-0.05, 0) is 6.92 Å². The molecule has 0 amide bonds. The van der Waals surface area contributed by atoms with Crippen LogP contribution in [0.5, 0.6) is 0 Å². The summed E-state index contributed by atoms with van der Waals surface area (Å²) in [4.78, 5) is 18.5. The van der Waals surface area contributed by atoms with E-state index >= 15 is 0 Å². The molecule has 1 heterocycles. The lowest BCUT2D eigenvalue weighted by atomic mass is 9.73. The van der Waals surface area contributed by atoms with Gasteiger partial charge in [-0.2, -0.15) is 0 Å². The van der Waals surface area contributed by atoms with Gasteiger partial charge in [0.15, 0.2) is 7.28 Å². The zero-order chi connectivity index (χ0) is 13.0. The molecule has 2 aromatic rings. The van der Waals surface area contributed by atoms with Crippen molar-refractivity contribution in [3.63, 3.8) is 0 Å². The second-order valence-corrected chi connectivity index (χ2v) is 3.91. The van der Waals surface area contributed by atoms with Gasteiger partial charge in [0.05, 0.1) is 12.3 Å². The number of nitrogens with zero attached hydrogens (tertiary/aromatic N) is 1. The Bertz CT molecular complexity index is 534. The van der Waals surface area contributed by atoms with Crippen molar-refractivity contribution in [2.75, 3.05) is 6.61 Å². The van der Waals surface area contributed by atoms with E-state index < -0.39 is 5.97 Å². The lowest BCUT2D eigenvalue weighted by molar-refractivity contribution is 0.0513. The first kappa shape index (κ1) is 12.4. The maximum atomic E-state index is 11.5. The summed E-state index contributed by atoms with van der Waals surface area (Å²) in [6.45, 7) is 4.23. The van der Waals surface area contributed by atoms with Gasteiger partial charge < -0.3 is 9.72 Å². The molecule has 0 fully saturated rings. The molecule has 0 saturated carbocycles. The molecule has 0 aliphatic rings. The summed E-state index contributed by atoms with van der Waals surface area (Å²) in [6.07, 6.45) is 1.72. The minimum atomic E-state index is -0.422. The van der Waals surface area contributed by atoms with Crippen LogP contribution >= 0.6 is 0 Å². The van der Waals surface area contributed by atoms with Crippen LogP contribution in [0.2, 0.25) is 6.82 Å². The SMILES string of the molecule is CBc1ccc(-c2c[nH]c(C(=O)OCC)n2)cc1. The Balaban J connectivity index is 2.20.